The first-order valence-corrected chi connectivity index (χ1v) is 8.01. The second kappa shape index (κ2) is 7.53. The number of hydrogen-bond donors (Lipinski definition) is 1. The van der Waals surface area contributed by atoms with Gasteiger partial charge < -0.3 is 5.32 Å². The third-order valence-corrected chi connectivity index (χ3v) is 4.29. The van der Waals surface area contributed by atoms with Gasteiger partial charge in [-0.25, -0.2) is 0 Å². The number of halogens is 3. The highest BCUT2D eigenvalue weighted by Crippen LogP contribution is 2.32. The molecule has 0 bridgehead atoms. The molecule has 8 heteroatoms. The zero-order chi connectivity index (χ0) is 17.1. The average Bonchev–Trinajstić information content (AvgIpc) is 2.73. The van der Waals surface area contributed by atoms with E-state index in [1.807, 2.05) is 32.1 Å². The highest BCUT2D eigenvalue weighted by Gasteiger charge is 2.13. The van der Waals surface area contributed by atoms with Crippen LogP contribution in [0.25, 0.3) is 0 Å². The minimum atomic E-state index is -0.186. The number of nitrogens with one attached hydrogen (secondary N) is 1. The summed E-state index contributed by atoms with van der Waals surface area (Å²) >= 11 is 17.9. The molecule has 0 atom stereocenters. The Kier molecular flexibility index (Phi) is 5.92. The molecule has 1 aromatic heterocycles. The summed E-state index contributed by atoms with van der Waals surface area (Å²) in [5.41, 5.74) is 2.47. The van der Waals surface area contributed by atoms with E-state index in [4.69, 9.17) is 34.8 Å². The monoisotopic (exact) mass is 374 g/mol. The van der Waals surface area contributed by atoms with E-state index in [2.05, 4.69) is 10.4 Å². The van der Waals surface area contributed by atoms with Crippen molar-refractivity contribution in [3.63, 3.8) is 0 Å². The van der Waals surface area contributed by atoms with Gasteiger partial charge >= 0.3 is 0 Å². The largest absolute Gasteiger partial charge is 0.324 e. The lowest BCUT2D eigenvalue weighted by atomic mass is 10.2. The minimum absolute atomic E-state index is 0.186. The number of rotatable bonds is 5. The predicted molar refractivity (Wildman–Crippen MR) is 94.4 cm³/mol. The highest BCUT2D eigenvalue weighted by atomic mass is 35.5. The zero-order valence-electron chi connectivity index (χ0n) is 13.0. The molecule has 0 saturated carbocycles. The van der Waals surface area contributed by atoms with Crippen molar-refractivity contribution in [1.29, 1.82) is 0 Å². The molecule has 1 amide bonds. The quantitative estimate of drug-likeness (QED) is 0.810. The molecule has 0 aliphatic carbocycles. The van der Waals surface area contributed by atoms with Crippen LogP contribution in [0.15, 0.2) is 18.3 Å². The summed E-state index contributed by atoms with van der Waals surface area (Å²) in [6.45, 7) is 2.78. The number of aryl methyl sites for hydroxylation is 2. The van der Waals surface area contributed by atoms with Crippen molar-refractivity contribution in [3.8, 4) is 0 Å². The summed E-state index contributed by atoms with van der Waals surface area (Å²) in [5.74, 6) is -0.186. The van der Waals surface area contributed by atoms with E-state index in [0.29, 0.717) is 27.3 Å². The van der Waals surface area contributed by atoms with Gasteiger partial charge in [0.2, 0.25) is 5.91 Å². The van der Waals surface area contributed by atoms with Crippen molar-refractivity contribution < 1.29 is 4.79 Å². The minimum Gasteiger partial charge on any atom is -0.324 e. The molecule has 0 saturated heterocycles. The fraction of sp³-hybridized carbons (Fsp3) is 0.333. The molecule has 124 valence electrons. The Morgan fingerprint density at radius 3 is 2.52 bits per heavy atom. The molecule has 2 rings (SSSR count). The van der Waals surface area contributed by atoms with Crippen LogP contribution in [0.1, 0.15) is 11.3 Å². The van der Waals surface area contributed by atoms with Gasteiger partial charge in [0.1, 0.15) is 0 Å². The van der Waals surface area contributed by atoms with Crippen LogP contribution in [0.4, 0.5) is 5.69 Å². The SMILES string of the molecule is Cc1nn(C)cc1CN(C)CC(=O)Nc1cc(Cl)c(Cl)cc1Cl. The van der Waals surface area contributed by atoms with Crippen molar-refractivity contribution in [2.24, 2.45) is 7.05 Å². The van der Waals surface area contributed by atoms with Gasteiger partial charge in [-0.2, -0.15) is 5.10 Å². The Morgan fingerprint density at radius 1 is 1.26 bits per heavy atom. The molecule has 0 aliphatic heterocycles. The Hall–Kier alpha value is -1.27. The van der Waals surface area contributed by atoms with Crippen LogP contribution in [-0.4, -0.2) is 34.2 Å². The number of benzene rings is 1. The first-order valence-electron chi connectivity index (χ1n) is 6.88. The maximum Gasteiger partial charge on any atom is 0.238 e. The lowest BCUT2D eigenvalue weighted by Crippen LogP contribution is -2.30. The van der Waals surface area contributed by atoms with Crippen molar-refractivity contribution in [2.45, 2.75) is 13.5 Å². The molecule has 1 aromatic carbocycles. The summed E-state index contributed by atoms with van der Waals surface area (Å²) in [6, 6.07) is 3.04. The molecule has 0 radical (unpaired) electrons. The second-order valence-corrected chi connectivity index (χ2v) is 6.60. The maximum absolute atomic E-state index is 12.1. The molecule has 1 N–H and O–H groups in total. The van der Waals surface area contributed by atoms with Crippen molar-refractivity contribution in [2.75, 3.05) is 18.9 Å². The number of carbonyl (C=O) groups is 1. The van der Waals surface area contributed by atoms with Crippen molar-refractivity contribution in [1.82, 2.24) is 14.7 Å². The van der Waals surface area contributed by atoms with E-state index in [1.54, 1.807) is 4.68 Å². The third kappa shape index (κ3) is 4.85. The first-order chi connectivity index (χ1) is 10.8. The number of anilines is 1. The van der Waals surface area contributed by atoms with Crippen LogP contribution in [0.3, 0.4) is 0 Å². The normalized spacial score (nSPS) is 11.1. The van der Waals surface area contributed by atoms with E-state index in [-0.39, 0.29) is 12.5 Å². The summed E-state index contributed by atoms with van der Waals surface area (Å²) in [4.78, 5) is 14.0. The fourth-order valence-electron chi connectivity index (χ4n) is 2.20. The van der Waals surface area contributed by atoms with E-state index >= 15 is 0 Å². The Labute approximate surface area is 150 Å². The average molecular weight is 376 g/mol. The molecule has 0 aliphatic rings. The van der Waals surface area contributed by atoms with E-state index in [9.17, 15) is 4.79 Å². The summed E-state index contributed by atoms with van der Waals surface area (Å²) in [7, 11) is 3.73. The molecular formula is C15H17Cl3N4O. The Morgan fingerprint density at radius 2 is 1.91 bits per heavy atom. The maximum atomic E-state index is 12.1. The number of likely N-dealkylation sites (N-methyl/N-ethyl adjacent to an activating group) is 1. The van der Waals surface area contributed by atoms with Crippen molar-refractivity contribution in [3.05, 3.63) is 44.7 Å². The van der Waals surface area contributed by atoms with Gasteiger partial charge in [0.05, 0.1) is 33.0 Å². The lowest BCUT2D eigenvalue weighted by molar-refractivity contribution is -0.117. The number of carbonyl (C=O) groups excluding carboxylic acids is 1. The van der Waals surface area contributed by atoms with Gasteiger partial charge in [-0.05, 0) is 26.1 Å². The van der Waals surface area contributed by atoms with Gasteiger partial charge in [0.15, 0.2) is 0 Å². The van der Waals surface area contributed by atoms with E-state index < -0.39 is 0 Å². The van der Waals surface area contributed by atoms with Gasteiger partial charge in [-0.3, -0.25) is 14.4 Å². The molecule has 5 nitrogen and oxygen atoms in total. The Balaban J connectivity index is 1.96. The summed E-state index contributed by atoms with van der Waals surface area (Å²) < 4.78 is 1.76. The van der Waals surface area contributed by atoms with Crippen LogP contribution in [0.5, 0.6) is 0 Å². The molecule has 0 spiro atoms. The Bertz CT molecular complexity index is 730. The molecular weight excluding hydrogens is 359 g/mol. The van der Waals surface area contributed by atoms with E-state index in [1.165, 1.54) is 12.1 Å². The van der Waals surface area contributed by atoms with Crippen LogP contribution in [0.2, 0.25) is 15.1 Å². The van der Waals surface area contributed by atoms with Crippen LogP contribution >= 0.6 is 34.8 Å². The molecule has 0 fully saturated rings. The number of amides is 1. The summed E-state index contributed by atoms with van der Waals surface area (Å²) in [5, 5.41) is 8.05. The summed E-state index contributed by atoms with van der Waals surface area (Å²) in [6.07, 6.45) is 1.94. The molecule has 1 heterocycles. The fourth-order valence-corrected chi connectivity index (χ4v) is 2.80. The smallest absolute Gasteiger partial charge is 0.238 e. The standard InChI is InChI=1S/C15H17Cl3N4O/c1-9-10(7-22(3)20-9)6-21(2)8-15(23)19-14-5-12(17)11(16)4-13(14)18/h4-5,7H,6,8H2,1-3H3,(H,19,23). The third-order valence-electron chi connectivity index (χ3n) is 3.25. The number of hydrogen-bond acceptors (Lipinski definition) is 3. The number of aromatic nitrogens is 2. The molecule has 2 aromatic rings. The van der Waals surface area contributed by atoms with Crippen LogP contribution in [-0.2, 0) is 18.4 Å². The second-order valence-electron chi connectivity index (χ2n) is 5.38. The van der Waals surface area contributed by atoms with Crippen LogP contribution < -0.4 is 5.32 Å². The van der Waals surface area contributed by atoms with Gasteiger partial charge in [-0.15, -0.1) is 0 Å². The zero-order valence-corrected chi connectivity index (χ0v) is 15.3. The van der Waals surface area contributed by atoms with Gasteiger partial charge in [0, 0.05) is 25.4 Å². The highest BCUT2D eigenvalue weighted by molar-refractivity contribution is 6.44. The number of nitrogens with zero attached hydrogens (tertiary/aromatic N) is 3. The van der Waals surface area contributed by atoms with E-state index in [0.717, 1.165) is 11.3 Å². The molecule has 0 unspecified atom stereocenters. The first kappa shape index (κ1) is 18.1. The van der Waals surface area contributed by atoms with Crippen LogP contribution in [0, 0.1) is 6.92 Å². The molecule has 23 heavy (non-hydrogen) atoms. The van der Waals surface area contributed by atoms with Gasteiger partial charge in [0.25, 0.3) is 0 Å². The topological polar surface area (TPSA) is 50.2 Å². The van der Waals surface area contributed by atoms with Gasteiger partial charge in [-0.1, -0.05) is 34.8 Å². The lowest BCUT2D eigenvalue weighted by Gasteiger charge is -2.16. The predicted octanol–water partition coefficient (Wildman–Crippen LogP) is 3.76. The van der Waals surface area contributed by atoms with Crippen molar-refractivity contribution >= 4 is 46.4 Å².